The average molecular weight is 219 g/mol. The molecule has 64 valence electrons. The van der Waals surface area contributed by atoms with Gasteiger partial charge in [-0.3, -0.25) is 5.41 Å². The zero-order chi connectivity index (χ0) is 7.84. The van der Waals surface area contributed by atoms with E-state index in [1.165, 1.54) is 10.1 Å². The van der Waals surface area contributed by atoms with Crippen molar-refractivity contribution in [2.24, 2.45) is 5.73 Å². The van der Waals surface area contributed by atoms with E-state index >= 15 is 0 Å². The third-order valence-corrected chi connectivity index (χ3v) is 3.47. The second-order valence-corrected chi connectivity index (χ2v) is 4.04. The highest BCUT2D eigenvalue weighted by Crippen LogP contribution is 2.28. The zero-order valence-electron chi connectivity index (χ0n) is 6.03. The van der Waals surface area contributed by atoms with E-state index in [0.717, 1.165) is 4.88 Å². The fourth-order valence-electron chi connectivity index (χ4n) is 0.905. The molecule has 12 heavy (non-hydrogen) atoms. The summed E-state index contributed by atoms with van der Waals surface area (Å²) in [5.74, 6) is 0.163. The van der Waals surface area contributed by atoms with Gasteiger partial charge in [0, 0.05) is 15.5 Å². The summed E-state index contributed by atoms with van der Waals surface area (Å²) in [5.41, 5.74) is 5.33. The molecule has 0 aromatic carbocycles. The first kappa shape index (κ1) is 9.51. The van der Waals surface area contributed by atoms with Gasteiger partial charge in [-0.05, 0) is 11.4 Å². The van der Waals surface area contributed by atoms with E-state index in [1.807, 2.05) is 6.07 Å². The summed E-state index contributed by atoms with van der Waals surface area (Å²) in [6.45, 7) is 0. The maximum Gasteiger partial charge on any atom is 0.133 e. The maximum absolute atomic E-state index is 7.20. The highest BCUT2D eigenvalue weighted by atomic mass is 35.5. The van der Waals surface area contributed by atoms with Gasteiger partial charge in [-0.15, -0.1) is 23.7 Å². The minimum absolute atomic E-state index is 0. The number of nitrogens with two attached hydrogens (primary N) is 1. The van der Waals surface area contributed by atoms with Gasteiger partial charge in [0.25, 0.3) is 0 Å². The molecule has 0 bridgehead atoms. The summed E-state index contributed by atoms with van der Waals surface area (Å²) in [6.07, 6.45) is 0. The fraction of sp³-hybridized carbons (Fsp3) is 0. The first-order chi connectivity index (χ1) is 5.27. The van der Waals surface area contributed by atoms with E-state index in [4.69, 9.17) is 11.1 Å². The van der Waals surface area contributed by atoms with Crippen LogP contribution in [-0.4, -0.2) is 5.84 Å². The van der Waals surface area contributed by atoms with E-state index in [9.17, 15) is 0 Å². The fourth-order valence-corrected chi connectivity index (χ4v) is 2.78. The Morgan fingerprint density at radius 3 is 2.75 bits per heavy atom. The van der Waals surface area contributed by atoms with Crippen LogP contribution in [0.2, 0.25) is 0 Å². The number of nitrogen functional groups attached to an aromatic ring is 1. The minimum Gasteiger partial charge on any atom is -0.383 e. The van der Waals surface area contributed by atoms with Crippen molar-refractivity contribution in [3.63, 3.8) is 0 Å². The molecule has 0 aliphatic heterocycles. The summed E-state index contributed by atoms with van der Waals surface area (Å²) in [5, 5.41) is 12.5. The van der Waals surface area contributed by atoms with Gasteiger partial charge in [-0.1, -0.05) is 0 Å². The second kappa shape index (κ2) is 3.43. The Morgan fingerprint density at radius 2 is 2.17 bits per heavy atom. The van der Waals surface area contributed by atoms with Crippen molar-refractivity contribution in [2.45, 2.75) is 0 Å². The van der Waals surface area contributed by atoms with Crippen LogP contribution in [0.25, 0.3) is 10.1 Å². The molecule has 2 aromatic heterocycles. The van der Waals surface area contributed by atoms with Gasteiger partial charge in [0.2, 0.25) is 0 Å². The van der Waals surface area contributed by atoms with Gasteiger partial charge in [0.15, 0.2) is 0 Å². The molecule has 5 heteroatoms. The number of rotatable bonds is 1. The Balaban J connectivity index is 0.000000720. The normalized spacial score (nSPS) is 9.67. The number of nitrogens with one attached hydrogen (secondary N) is 1. The lowest BCUT2D eigenvalue weighted by Gasteiger charge is -1.86. The lowest BCUT2D eigenvalue weighted by molar-refractivity contribution is 1.46. The van der Waals surface area contributed by atoms with Crippen LogP contribution in [-0.2, 0) is 0 Å². The van der Waals surface area contributed by atoms with Gasteiger partial charge >= 0.3 is 0 Å². The highest BCUT2D eigenvalue weighted by molar-refractivity contribution is 7.24. The Morgan fingerprint density at radius 1 is 1.42 bits per heavy atom. The molecular formula is C7H7ClN2S2. The van der Waals surface area contributed by atoms with E-state index in [2.05, 4.69) is 10.8 Å². The molecule has 0 aliphatic carbocycles. The largest absolute Gasteiger partial charge is 0.383 e. The lowest BCUT2D eigenvalue weighted by Crippen LogP contribution is -2.08. The summed E-state index contributed by atoms with van der Waals surface area (Å²) in [4.78, 5) is 0.864. The number of thiophene rings is 2. The first-order valence-electron chi connectivity index (χ1n) is 3.07. The van der Waals surface area contributed by atoms with Gasteiger partial charge in [-0.25, -0.2) is 0 Å². The number of hydrogen-bond acceptors (Lipinski definition) is 3. The van der Waals surface area contributed by atoms with Gasteiger partial charge < -0.3 is 5.73 Å². The predicted octanol–water partition coefficient (Wildman–Crippen LogP) is 2.67. The van der Waals surface area contributed by atoms with Crippen LogP contribution in [0.15, 0.2) is 16.8 Å². The SMILES string of the molecule is Cl.N=C(N)c1cc2cscc2s1. The minimum atomic E-state index is 0. The molecule has 2 nitrogen and oxygen atoms in total. The number of amidine groups is 1. The average Bonchev–Trinajstić information content (AvgIpc) is 2.40. The van der Waals surface area contributed by atoms with Crippen LogP contribution in [0.5, 0.6) is 0 Å². The number of hydrogen-bond donors (Lipinski definition) is 2. The van der Waals surface area contributed by atoms with Crippen LogP contribution in [0, 0.1) is 5.41 Å². The molecule has 0 saturated carbocycles. The van der Waals surface area contributed by atoms with E-state index < -0.39 is 0 Å². The Hall–Kier alpha value is -0.580. The highest BCUT2D eigenvalue weighted by Gasteiger charge is 2.03. The number of halogens is 1. The van der Waals surface area contributed by atoms with Gasteiger partial charge in [-0.2, -0.15) is 11.3 Å². The quantitative estimate of drug-likeness (QED) is 0.561. The van der Waals surface area contributed by atoms with Crippen molar-refractivity contribution in [1.82, 2.24) is 0 Å². The number of fused-ring (bicyclic) bond motifs is 1. The molecule has 0 radical (unpaired) electrons. The van der Waals surface area contributed by atoms with Crippen LogP contribution >= 0.6 is 35.1 Å². The van der Waals surface area contributed by atoms with Crippen molar-refractivity contribution in [3.8, 4) is 0 Å². The molecule has 0 fully saturated rings. The standard InChI is InChI=1S/C7H6N2S2.ClH/c8-7(9)5-1-4-2-10-3-6(4)11-5;/h1-3H,(H3,8,9);1H. The topological polar surface area (TPSA) is 49.9 Å². The van der Waals surface area contributed by atoms with Gasteiger partial charge in [0.05, 0.1) is 4.88 Å². The smallest absolute Gasteiger partial charge is 0.133 e. The Bertz CT molecular complexity index is 376. The van der Waals surface area contributed by atoms with Crippen molar-refractivity contribution in [2.75, 3.05) is 0 Å². The molecular weight excluding hydrogens is 212 g/mol. The predicted molar refractivity (Wildman–Crippen MR) is 58.0 cm³/mol. The van der Waals surface area contributed by atoms with Crippen molar-refractivity contribution in [3.05, 3.63) is 21.7 Å². The molecule has 0 spiro atoms. The molecule has 2 heterocycles. The third kappa shape index (κ3) is 1.46. The van der Waals surface area contributed by atoms with E-state index in [-0.39, 0.29) is 18.2 Å². The summed E-state index contributed by atoms with van der Waals surface area (Å²) in [7, 11) is 0. The molecule has 0 amide bonds. The second-order valence-electron chi connectivity index (χ2n) is 2.22. The van der Waals surface area contributed by atoms with E-state index in [1.54, 1.807) is 22.7 Å². The summed E-state index contributed by atoms with van der Waals surface area (Å²) in [6, 6.07) is 1.96. The third-order valence-electron chi connectivity index (χ3n) is 1.43. The monoisotopic (exact) mass is 218 g/mol. The first-order valence-corrected chi connectivity index (χ1v) is 4.83. The molecule has 2 aromatic rings. The molecule has 0 aliphatic rings. The van der Waals surface area contributed by atoms with Crippen molar-refractivity contribution < 1.29 is 0 Å². The van der Waals surface area contributed by atoms with Crippen molar-refractivity contribution >= 4 is 51.0 Å². The summed E-state index contributed by atoms with van der Waals surface area (Å²) < 4.78 is 1.22. The molecule has 0 atom stereocenters. The van der Waals surface area contributed by atoms with Crippen LogP contribution in [0.4, 0.5) is 0 Å². The maximum atomic E-state index is 7.20. The molecule has 0 unspecified atom stereocenters. The molecule has 3 N–H and O–H groups in total. The van der Waals surface area contributed by atoms with Crippen LogP contribution in [0.1, 0.15) is 4.88 Å². The van der Waals surface area contributed by atoms with Crippen LogP contribution in [0.3, 0.4) is 0 Å². The zero-order valence-corrected chi connectivity index (χ0v) is 8.48. The molecule has 0 saturated heterocycles. The van der Waals surface area contributed by atoms with Crippen molar-refractivity contribution in [1.29, 1.82) is 5.41 Å². The molecule has 2 rings (SSSR count). The Labute approximate surface area is 83.9 Å². The van der Waals surface area contributed by atoms with Crippen LogP contribution < -0.4 is 5.73 Å². The Kier molecular flexibility index (Phi) is 2.72. The lowest BCUT2D eigenvalue weighted by atomic mass is 10.3. The summed E-state index contributed by atoms with van der Waals surface area (Å²) >= 11 is 3.25. The van der Waals surface area contributed by atoms with E-state index in [0.29, 0.717) is 0 Å². The van der Waals surface area contributed by atoms with Gasteiger partial charge in [0.1, 0.15) is 5.84 Å².